The van der Waals surface area contributed by atoms with Gasteiger partial charge in [-0.1, -0.05) is 48.5 Å². The quantitative estimate of drug-likeness (QED) is 0.123. The van der Waals surface area contributed by atoms with Crippen LogP contribution in [0.15, 0.2) is 60.8 Å². The third-order valence-electron chi connectivity index (χ3n) is 6.65. The summed E-state index contributed by atoms with van der Waals surface area (Å²) in [6.45, 7) is 0. The second-order valence-electron chi connectivity index (χ2n) is 9.83. The molecule has 0 aliphatic heterocycles. The largest absolute Gasteiger partial charge is 0.481 e. The predicted molar refractivity (Wildman–Crippen MR) is 160 cm³/mol. The maximum atomic E-state index is 13.3. The second kappa shape index (κ2) is 15.6. The van der Waals surface area contributed by atoms with Crippen LogP contribution in [0, 0.1) is 0 Å². The van der Waals surface area contributed by atoms with Crippen molar-refractivity contribution in [3.05, 3.63) is 71.9 Å². The molecule has 9 N–H and O–H groups in total. The Morgan fingerprint density at radius 1 is 0.857 bits per heavy atom. The van der Waals surface area contributed by atoms with Gasteiger partial charge in [-0.15, -0.1) is 0 Å². The van der Waals surface area contributed by atoms with Crippen LogP contribution in [-0.2, 0) is 36.8 Å². The summed E-state index contributed by atoms with van der Waals surface area (Å²) >= 11 is 1.44. The number of carboxylic acids is 1. The molecule has 1 aromatic heterocycles. The van der Waals surface area contributed by atoms with E-state index in [1.807, 2.05) is 30.5 Å². The number of hydrogen-bond donors (Lipinski definition) is 7. The lowest BCUT2D eigenvalue weighted by molar-refractivity contribution is -0.141. The standard InChI is InChI=1S/C29H36N6O6S/c1-42-12-11-22(33-27(39)20(30)14-18-16-32-21-10-6-5-9-19(18)21)28(40)35-24(15-25(36)37)29(41)34-23(26(31)38)13-17-7-3-2-4-8-17/h2-10,16,20,22-24,32H,11-15,30H2,1H3,(H2,31,38)(H,33,39)(H,34,41)(H,35,40)(H,36,37)/t20-,22+,23-,24-/m1/s1. The van der Waals surface area contributed by atoms with Gasteiger partial charge in [0.25, 0.3) is 0 Å². The van der Waals surface area contributed by atoms with Crippen LogP contribution in [0.25, 0.3) is 10.9 Å². The van der Waals surface area contributed by atoms with Gasteiger partial charge in [-0.3, -0.25) is 24.0 Å². The Morgan fingerprint density at radius 2 is 1.48 bits per heavy atom. The number of primary amides is 1. The Labute approximate surface area is 247 Å². The van der Waals surface area contributed by atoms with Gasteiger partial charge in [0.1, 0.15) is 18.1 Å². The van der Waals surface area contributed by atoms with Crippen molar-refractivity contribution in [2.24, 2.45) is 11.5 Å². The van der Waals surface area contributed by atoms with E-state index in [2.05, 4.69) is 20.9 Å². The van der Waals surface area contributed by atoms with Crippen molar-refractivity contribution in [1.82, 2.24) is 20.9 Å². The molecule has 1 heterocycles. The molecular weight excluding hydrogens is 560 g/mol. The molecule has 0 saturated carbocycles. The third-order valence-corrected chi connectivity index (χ3v) is 7.29. The number of H-pyrrole nitrogens is 1. The van der Waals surface area contributed by atoms with Crippen molar-refractivity contribution < 1.29 is 29.1 Å². The zero-order valence-corrected chi connectivity index (χ0v) is 24.0. The van der Waals surface area contributed by atoms with Gasteiger partial charge < -0.3 is 37.5 Å². The molecule has 42 heavy (non-hydrogen) atoms. The number of para-hydroxylation sites is 1. The molecule has 3 rings (SSSR count). The monoisotopic (exact) mass is 596 g/mol. The molecule has 0 unspecified atom stereocenters. The summed E-state index contributed by atoms with van der Waals surface area (Å²) in [4.78, 5) is 66.1. The summed E-state index contributed by atoms with van der Waals surface area (Å²) < 4.78 is 0. The van der Waals surface area contributed by atoms with E-state index in [0.29, 0.717) is 5.75 Å². The zero-order chi connectivity index (χ0) is 30.6. The number of carbonyl (C=O) groups excluding carboxylic acids is 4. The summed E-state index contributed by atoms with van der Waals surface area (Å²) in [7, 11) is 0. The number of carbonyl (C=O) groups is 5. The second-order valence-corrected chi connectivity index (χ2v) is 10.8. The molecule has 12 nitrogen and oxygen atoms in total. The molecule has 13 heteroatoms. The van der Waals surface area contributed by atoms with Gasteiger partial charge in [-0.25, -0.2) is 0 Å². The Balaban J connectivity index is 1.69. The number of aromatic amines is 1. The molecule has 0 aliphatic rings. The first kappa shape index (κ1) is 32.2. The number of carboxylic acid groups (broad SMARTS) is 1. The molecule has 224 valence electrons. The average molecular weight is 597 g/mol. The maximum Gasteiger partial charge on any atom is 0.305 e. The van der Waals surface area contributed by atoms with Crippen molar-refractivity contribution >= 4 is 52.3 Å². The summed E-state index contributed by atoms with van der Waals surface area (Å²) in [5.41, 5.74) is 14.1. The molecule has 4 amide bonds. The van der Waals surface area contributed by atoms with E-state index in [-0.39, 0.29) is 19.3 Å². The smallest absolute Gasteiger partial charge is 0.305 e. The lowest BCUT2D eigenvalue weighted by atomic mass is 10.0. The highest BCUT2D eigenvalue weighted by Crippen LogP contribution is 2.19. The van der Waals surface area contributed by atoms with Gasteiger partial charge >= 0.3 is 5.97 Å². The van der Waals surface area contributed by atoms with Gasteiger partial charge in [0.05, 0.1) is 12.5 Å². The van der Waals surface area contributed by atoms with Gasteiger partial charge in [-0.05, 0) is 42.0 Å². The number of fused-ring (bicyclic) bond motifs is 1. The van der Waals surface area contributed by atoms with Crippen molar-refractivity contribution in [1.29, 1.82) is 0 Å². The lowest BCUT2D eigenvalue weighted by Crippen LogP contribution is -2.58. The summed E-state index contributed by atoms with van der Waals surface area (Å²) in [6.07, 6.45) is 3.36. The number of thioether (sulfide) groups is 1. The van der Waals surface area contributed by atoms with Gasteiger partial charge in [0.15, 0.2) is 0 Å². The van der Waals surface area contributed by atoms with Gasteiger partial charge in [0.2, 0.25) is 23.6 Å². The molecule has 2 aromatic carbocycles. The summed E-state index contributed by atoms with van der Waals surface area (Å²) in [6, 6.07) is 11.7. The van der Waals surface area contributed by atoms with Crippen LogP contribution in [0.3, 0.4) is 0 Å². The van der Waals surface area contributed by atoms with Crippen molar-refractivity contribution in [2.75, 3.05) is 12.0 Å². The molecule has 0 bridgehead atoms. The molecular formula is C29H36N6O6S. The minimum Gasteiger partial charge on any atom is -0.481 e. The number of amides is 4. The first-order valence-electron chi connectivity index (χ1n) is 13.3. The fraction of sp³-hybridized carbons (Fsp3) is 0.345. The highest BCUT2D eigenvalue weighted by Gasteiger charge is 2.31. The van der Waals surface area contributed by atoms with Crippen LogP contribution < -0.4 is 27.4 Å². The van der Waals surface area contributed by atoms with Gasteiger partial charge in [-0.2, -0.15) is 11.8 Å². The summed E-state index contributed by atoms with van der Waals surface area (Å²) in [5, 5.41) is 17.9. The number of hydrogen-bond acceptors (Lipinski definition) is 7. The Hall–Kier alpha value is -4.36. The molecule has 4 atom stereocenters. The van der Waals surface area contributed by atoms with E-state index in [4.69, 9.17) is 11.5 Å². The van der Waals surface area contributed by atoms with Crippen LogP contribution in [0.4, 0.5) is 0 Å². The van der Waals surface area contributed by atoms with E-state index in [1.54, 1.807) is 36.5 Å². The molecule has 0 spiro atoms. The number of nitrogens with one attached hydrogen (secondary N) is 4. The lowest BCUT2D eigenvalue weighted by Gasteiger charge is -2.25. The molecule has 0 saturated heterocycles. The number of aromatic nitrogens is 1. The Bertz CT molecular complexity index is 1400. The zero-order valence-electron chi connectivity index (χ0n) is 23.2. The minimum absolute atomic E-state index is 0.0797. The van der Waals surface area contributed by atoms with Crippen LogP contribution >= 0.6 is 11.8 Å². The molecule has 3 aromatic rings. The first-order chi connectivity index (χ1) is 20.1. The van der Waals surface area contributed by atoms with Crippen LogP contribution in [0.2, 0.25) is 0 Å². The SMILES string of the molecule is CSCC[C@H](NC(=O)[C@H](N)Cc1c[nH]c2ccccc12)C(=O)N[C@H](CC(=O)O)C(=O)N[C@H](Cc1ccccc1)C(N)=O. The van der Waals surface area contributed by atoms with Crippen LogP contribution in [-0.4, -0.2) is 75.9 Å². The fourth-order valence-corrected chi connectivity index (χ4v) is 4.89. The normalized spacial score (nSPS) is 13.9. The van der Waals surface area contributed by atoms with E-state index < -0.39 is 60.2 Å². The maximum absolute atomic E-state index is 13.3. The highest BCUT2D eigenvalue weighted by atomic mass is 32.2. The van der Waals surface area contributed by atoms with E-state index in [1.165, 1.54) is 11.8 Å². The number of benzene rings is 2. The third kappa shape index (κ3) is 9.35. The average Bonchev–Trinajstić information content (AvgIpc) is 3.37. The van der Waals surface area contributed by atoms with E-state index in [9.17, 15) is 29.1 Å². The predicted octanol–water partition coefficient (Wildman–Crippen LogP) is 0.448. The molecule has 0 fully saturated rings. The molecule has 0 aliphatic carbocycles. The Morgan fingerprint density at radius 3 is 2.14 bits per heavy atom. The minimum atomic E-state index is -1.53. The van der Waals surface area contributed by atoms with Crippen molar-refractivity contribution in [3.8, 4) is 0 Å². The van der Waals surface area contributed by atoms with E-state index in [0.717, 1.165) is 22.0 Å². The first-order valence-corrected chi connectivity index (χ1v) is 14.7. The Kier molecular flexibility index (Phi) is 11.9. The topological polar surface area (TPSA) is 209 Å². The van der Waals surface area contributed by atoms with Crippen molar-refractivity contribution in [3.63, 3.8) is 0 Å². The van der Waals surface area contributed by atoms with E-state index >= 15 is 0 Å². The number of nitrogens with two attached hydrogens (primary N) is 2. The number of rotatable bonds is 16. The molecule has 0 radical (unpaired) electrons. The highest BCUT2D eigenvalue weighted by molar-refractivity contribution is 7.98. The van der Waals surface area contributed by atoms with Crippen molar-refractivity contribution in [2.45, 2.75) is 49.9 Å². The fourth-order valence-electron chi connectivity index (χ4n) is 4.41. The van der Waals surface area contributed by atoms with Crippen LogP contribution in [0.5, 0.6) is 0 Å². The van der Waals surface area contributed by atoms with Crippen LogP contribution in [0.1, 0.15) is 24.0 Å². The summed E-state index contributed by atoms with van der Waals surface area (Å²) in [5.74, 6) is -3.89. The van der Waals surface area contributed by atoms with Gasteiger partial charge in [0, 0.05) is 23.5 Å². The number of aliphatic carboxylic acids is 1.